The SMILES string of the molecule is CC(Sc1nc2ccccc2n1-c1ccccc1)C(=O)NCC(=O)Nc1ccc(F)c(F)c1F. The maximum atomic E-state index is 13.7. The monoisotopic (exact) mass is 484 g/mol. The number of carbonyl (C=O) groups excluding carboxylic acids is 2. The molecule has 0 fully saturated rings. The number of aromatic nitrogens is 2. The van der Waals surface area contributed by atoms with Gasteiger partial charge in [-0.1, -0.05) is 42.1 Å². The summed E-state index contributed by atoms with van der Waals surface area (Å²) in [6, 6.07) is 18.8. The molecule has 174 valence electrons. The molecule has 0 spiro atoms. The number of fused-ring (bicyclic) bond motifs is 1. The zero-order valence-corrected chi connectivity index (χ0v) is 18.7. The highest BCUT2D eigenvalue weighted by Gasteiger charge is 2.21. The number of amides is 2. The van der Waals surface area contributed by atoms with E-state index in [1.165, 1.54) is 11.8 Å². The maximum absolute atomic E-state index is 13.7. The van der Waals surface area contributed by atoms with Gasteiger partial charge in [-0.05, 0) is 43.3 Å². The number of benzene rings is 3. The summed E-state index contributed by atoms with van der Waals surface area (Å²) < 4.78 is 42.0. The van der Waals surface area contributed by atoms with Crippen molar-refractivity contribution in [3.8, 4) is 5.69 Å². The van der Waals surface area contributed by atoms with Crippen molar-refractivity contribution in [2.45, 2.75) is 17.3 Å². The van der Waals surface area contributed by atoms with Gasteiger partial charge in [0, 0.05) is 5.69 Å². The Morgan fingerprint density at radius 1 is 0.971 bits per heavy atom. The summed E-state index contributed by atoms with van der Waals surface area (Å²) in [5.41, 5.74) is 2.03. The van der Waals surface area contributed by atoms with Gasteiger partial charge in [0.2, 0.25) is 11.8 Å². The molecule has 0 bridgehead atoms. The molecule has 4 rings (SSSR count). The predicted molar refractivity (Wildman–Crippen MR) is 124 cm³/mol. The third-order valence-electron chi connectivity index (χ3n) is 4.93. The van der Waals surface area contributed by atoms with Crippen LogP contribution < -0.4 is 10.6 Å². The first kappa shape index (κ1) is 23.4. The number of nitrogens with zero attached hydrogens (tertiary/aromatic N) is 2. The molecule has 0 radical (unpaired) electrons. The molecular formula is C24H19F3N4O2S. The van der Waals surface area contributed by atoms with Gasteiger partial charge in [-0.2, -0.15) is 0 Å². The molecule has 2 amide bonds. The van der Waals surface area contributed by atoms with Crippen LogP contribution in [0.4, 0.5) is 18.9 Å². The molecule has 34 heavy (non-hydrogen) atoms. The van der Waals surface area contributed by atoms with Gasteiger partial charge in [-0.15, -0.1) is 0 Å². The van der Waals surface area contributed by atoms with Crippen molar-refractivity contribution in [1.29, 1.82) is 0 Å². The summed E-state index contributed by atoms with van der Waals surface area (Å²) in [7, 11) is 0. The standard InChI is InChI=1S/C24H19F3N4O2S/c1-14(23(33)28-13-20(32)29-18-12-11-16(25)21(26)22(18)27)34-24-30-17-9-5-6-10-19(17)31(24)15-7-3-2-4-8-15/h2-12,14H,13H2,1H3,(H,28,33)(H,29,32). The lowest BCUT2D eigenvalue weighted by atomic mass is 10.2. The van der Waals surface area contributed by atoms with Crippen molar-refractivity contribution >= 4 is 40.3 Å². The van der Waals surface area contributed by atoms with Gasteiger partial charge in [-0.3, -0.25) is 14.2 Å². The Balaban J connectivity index is 1.43. The van der Waals surface area contributed by atoms with Crippen LogP contribution in [0.2, 0.25) is 0 Å². The first-order valence-corrected chi connectivity index (χ1v) is 11.1. The molecule has 6 nitrogen and oxygen atoms in total. The smallest absolute Gasteiger partial charge is 0.243 e. The van der Waals surface area contributed by atoms with Crippen LogP contribution in [-0.2, 0) is 9.59 Å². The molecule has 1 aromatic heterocycles. The van der Waals surface area contributed by atoms with Gasteiger partial charge >= 0.3 is 0 Å². The topological polar surface area (TPSA) is 76.0 Å². The van der Waals surface area contributed by atoms with E-state index in [0.717, 1.165) is 22.8 Å². The van der Waals surface area contributed by atoms with Crippen LogP contribution >= 0.6 is 11.8 Å². The molecule has 1 heterocycles. The highest BCUT2D eigenvalue weighted by Crippen LogP contribution is 2.30. The number of hydrogen-bond donors (Lipinski definition) is 2. The molecule has 4 aromatic rings. The van der Waals surface area contributed by atoms with E-state index in [4.69, 9.17) is 0 Å². The van der Waals surface area contributed by atoms with Crippen molar-refractivity contribution in [3.63, 3.8) is 0 Å². The van der Waals surface area contributed by atoms with Crippen LogP contribution in [0.1, 0.15) is 6.92 Å². The number of thioether (sulfide) groups is 1. The molecule has 1 atom stereocenters. The van der Waals surface area contributed by atoms with E-state index >= 15 is 0 Å². The van der Waals surface area contributed by atoms with E-state index in [1.807, 2.05) is 59.2 Å². The molecular weight excluding hydrogens is 465 g/mol. The first-order chi connectivity index (χ1) is 16.3. The zero-order chi connectivity index (χ0) is 24.2. The summed E-state index contributed by atoms with van der Waals surface area (Å²) in [6.45, 7) is 1.19. The average Bonchev–Trinajstić information content (AvgIpc) is 3.21. The number of halogens is 3. The quantitative estimate of drug-likeness (QED) is 0.295. The normalized spacial score (nSPS) is 11.9. The number of para-hydroxylation sites is 3. The van der Waals surface area contributed by atoms with Crippen LogP contribution in [0.15, 0.2) is 71.9 Å². The third-order valence-corrected chi connectivity index (χ3v) is 5.98. The lowest BCUT2D eigenvalue weighted by molar-refractivity contribution is -0.123. The summed E-state index contributed by atoms with van der Waals surface area (Å²) >= 11 is 1.22. The van der Waals surface area contributed by atoms with E-state index in [9.17, 15) is 22.8 Å². The highest BCUT2D eigenvalue weighted by atomic mass is 32.2. The number of rotatable bonds is 7. The molecule has 3 aromatic carbocycles. The molecule has 0 saturated carbocycles. The minimum atomic E-state index is -1.69. The number of imidazole rings is 1. The van der Waals surface area contributed by atoms with Crippen molar-refractivity contribution in [2.24, 2.45) is 0 Å². The van der Waals surface area contributed by atoms with Crippen LogP contribution in [0.25, 0.3) is 16.7 Å². The molecule has 0 aliphatic carbocycles. The van der Waals surface area contributed by atoms with E-state index < -0.39 is 46.7 Å². The lowest BCUT2D eigenvalue weighted by Gasteiger charge is -2.14. The fourth-order valence-electron chi connectivity index (χ4n) is 3.25. The second-order valence-corrected chi connectivity index (χ2v) is 8.61. The van der Waals surface area contributed by atoms with E-state index in [0.29, 0.717) is 11.2 Å². The minimum absolute atomic E-state index is 0.447. The van der Waals surface area contributed by atoms with Crippen molar-refractivity contribution in [3.05, 3.63) is 84.2 Å². The van der Waals surface area contributed by atoms with Crippen molar-refractivity contribution < 1.29 is 22.8 Å². The molecule has 0 aliphatic heterocycles. The Bertz CT molecular complexity index is 1360. The first-order valence-electron chi connectivity index (χ1n) is 10.3. The molecule has 2 N–H and O–H groups in total. The zero-order valence-electron chi connectivity index (χ0n) is 17.9. The summed E-state index contributed by atoms with van der Waals surface area (Å²) in [5.74, 6) is -5.79. The second kappa shape index (κ2) is 10.0. The van der Waals surface area contributed by atoms with E-state index in [1.54, 1.807) is 6.92 Å². The maximum Gasteiger partial charge on any atom is 0.243 e. The van der Waals surface area contributed by atoms with Gasteiger partial charge < -0.3 is 10.6 Å². The van der Waals surface area contributed by atoms with Crippen molar-refractivity contribution in [2.75, 3.05) is 11.9 Å². The minimum Gasteiger partial charge on any atom is -0.346 e. The number of nitrogens with one attached hydrogen (secondary N) is 2. The number of hydrogen-bond acceptors (Lipinski definition) is 4. The summed E-state index contributed by atoms with van der Waals surface area (Å²) in [4.78, 5) is 29.3. The fourth-order valence-corrected chi connectivity index (χ4v) is 4.22. The lowest BCUT2D eigenvalue weighted by Crippen LogP contribution is -2.37. The van der Waals surface area contributed by atoms with Gasteiger partial charge in [0.1, 0.15) is 0 Å². The molecule has 0 saturated heterocycles. The van der Waals surface area contributed by atoms with Gasteiger partial charge in [-0.25, -0.2) is 18.2 Å². The Kier molecular flexibility index (Phi) is 6.87. The van der Waals surface area contributed by atoms with Crippen LogP contribution in [0, 0.1) is 17.5 Å². The second-order valence-electron chi connectivity index (χ2n) is 7.30. The van der Waals surface area contributed by atoms with Crippen LogP contribution in [-0.4, -0.2) is 33.2 Å². The molecule has 1 unspecified atom stereocenters. The fraction of sp³-hybridized carbons (Fsp3) is 0.125. The Morgan fingerprint density at radius 3 is 2.44 bits per heavy atom. The van der Waals surface area contributed by atoms with Gasteiger partial charge in [0.05, 0.1) is 28.5 Å². The Hall–Kier alpha value is -3.79. The Labute approximate surface area is 197 Å². The Morgan fingerprint density at radius 2 is 1.68 bits per heavy atom. The highest BCUT2D eigenvalue weighted by molar-refractivity contribution is 8.00. The van der Waals surface area contributed by atoms with E-state index in [2.05, 4.69) is 15.6 Å². The average molecular weight is 485 g/mol. The van der Waals surface area contributed by atoms with Gasteiger partial charge in [0.15, 0.2) is 22.6 Å². The molecule has 0 aliphatic rings. The molecule has 10 heteroatoms. The third kappa shape index (κ3) is 4.91. The summed E-state index contributed by atoms with van der Waals surface area (Å²) in [5, 5.41) is 4.56. The largest absolute Gasteiger partial charge is 0.346 e. The van der Waals surface area contributed by atoms with Crippen LogP contribution in [0.5, 0.6) is 0 Å². The van der Waals surface area contributed by atoms with Crippen LogP contribution in [0.3, 0.4) is 0 Å². The van der Waals surface area contributed by atoms with E-state index in [-0.39, 0.29) is 0 Å². The predicted octanol–water partition coefficient (Wildman–Crippen LogP) is 4.68. The number of carbonyl (C=O) groups is 2. The van der Waals surface area contributed by atoms with Crippen molar-refractivity contribution in [1.82, 2.24) is 14.9 Å². The number of anilines is 1. The summed E-state index contributed by atoms with van der Waals surface area (Å²) in [6.07, 6.45) is 0. The van der Waals surface area contributed by atoms with Gasteiger partial charge in [0.25, 0.3) is 0 Å².